The molecule has 20 heavy (non-hydrogen) atoms. The molecule has 1 saturated carbocycles. The maximum absolute atomic E-state index is 14.1. The number of halogens is 1. The summed E-state index contributed by atoms with van der Waals surface area (Å²) in [6.45, 7) is 3.79. The van der Waals surface area contributed by atoms with Crippen LogP contribution in [-0.4, -0.2) is 23.8 Å². The Kier molecular flexibility index (Phi) is 3.06. The topological polar surface area (TPSA) is 63.5 Å². The molecule has 0 aromatic carbocycles. The van der Waals surface area contributed by atoms with Crippen molar-refractivity contribution in [1.29, 1.82) is 0 Å². The van der Waals surface area contributed by atoms with Crippen LogP contribution in [0.25, 0.3) is 5.52 Å². The molecule has 108 valence electrons. The highest BCUT2D eigenvalue weighted by Gasteiger charge is 2.32. The van der Waals surface area contributed by atoms with Crippen LogP contribution < -0.4 is 4.72 Å². The predicted octanol–water partition coefficient (Wildman–Crippen LogP) is 2.04. The smallest absolute Gasteiger partial charge is 0.260 e. The first-order valence-electron chi connectivity index (χ1n) is 6.59. The molecule has 1 fully saturated rings. The number of sulfonamides is 1. The van der Waals surface area contributed by atoms with E-state index in [-0.39, 0.29) is 22.5 Å². The van der Waals surface area contributed by atoms with E-state index in [0.717, 1.165) is 12.8 Å². The minimum Gasteiger partial charge on any atom is -0.300 e. The van der Waals surface area contributed by atoms with Crippen molar-refractivity contribution in [1.82, 2.24) is 14.1 Å². The molecule has 0 unspecified atom stereocenters. The van der Waals surface area contributed by atoms with E-state index in [2.05, 4.69) is 9.71 Å². The Bertz CT molecular complexity index is 763. The number of nitrogens with zero attached hydrogens (tertiary/aromatic N) is 2. The summed E-state index contributed by atoms with van der Waals surface area (Å²) in [7, 11) is -3.78. The molecule has 0 radical (unpaired) electrons. The van der Waals surface area contributed by atoms with Gasteiger partial charge in [0.05, 0.1) is 0 Å². The van der Waals surface area contributed by atoms with Gasteiger partial charge in [0.25, 0.3) is 10.0 Å². The van der Waals surface area contributed by atoms with Gasteiger partial charge in [-0.1, -0.05) is 13.8 Å². The summed E-state index contributed by atoms with van der Waals surface area (Å²) in [5.74, 6) is -0.0482. The zero-order valence-corrected chi connectivity index (χ0v) is 12.1. The Morgan fingerprint density at radius 1 is 1.45 bits per heavy atom. The molecule has 0 saturated heterocycles. The van der Waals surface area contributed by atoms with Gasteiger partial charge in [0.15, 0.2) is 5.03 Å². The van der Waals surface area contributed by atoms with Crippen molar-refractivity contribution in [2.24, 2.45) is 0 Å². The number of pyridine rings is 1. The summed E-state index contributed by atoms with van der Waals surface area (Å²) in [6, 6.07) is 2.75. The number of hydrogen-bond donors (Lipinski definition) is 1. The Balaban J connectivity index is 2.24. The van der Waals surface area contributed by atoms with Gasteiger partial charge in [-0.05, 0) is 25.0 Å². The lowest BCUT2D eigenvalue weighted by atomic mass is 10.2. The molecule has 0 bridgehead atoms. The third-order valence-electron chi connectivity index (χ3n) is 3.28. The van der Waals surface area contributed by atoms with Gasteiger partial charge < -0.3 is 0 Å². The summed E-state index contributed by atoms with van der Waals surface area (Å²) in [4.78, 5) is 4.17. The maximum Gasteiger partial charge on any atom is 0.260 e. The van der Waals surface area contributed by atoms with Crippen LogP contribution in [0.15, 0.2) is 23.4 Å². The average molecular weight is 297 g/mol. The van der Waals surface area contributed by atoms with Crippen molar-refractivity contribution >= 4 is 15.5 Å². The van der Waals surface area contributed by atoms with E-state index < -0.39 is 15.8 Å². The lowest BCUT2D eigenvalue weighted by molar-refractivity contribution is 0.576. The molecule has 2 heterocycles. The Hall–Kier alpha value is -1.47. The minimum atomic E-state index is -3.78. The van der Waals surface area contributed by atoms with Crippen molar-refractivity contribution in [3.63, 3.8) is 0 Å². The van der Waals surface area contributed by atoms with Crippen LogP contribution in [0, 0.1) is 5.82 Å². The molecule has 1 aliphatic carbocycles. The fourth-order valence-corrected chi connectivity index (χ4v) is 3.61. The van der Waals surface area contributed by atoms with E-state index in [9.17, 15) is 12.8 Å². The molecule has 1 N–H and O–H groups in total. The normalized spacial score (nSPS) is 16.2. The van der Waals surface area contributed by atoms with Crippen molar-refractivity contribution in [3.8, 4) is 0 Å². The second-order valence-corrected chi connectivity index (χ2v) is 7.03. The maximum atomic E-state index is 14.1. The molecule has 7 heteroatoms. The first-order chi connectivity index (χ1) is 9.40. The fourth-order valence-electron chi connectivity index (χ4n) is 2.16. The van der Waals surface area contributed by atoms with Gasteiger partial charge in [0.1, 0.15) is 17.2 Å². The Morgan fingerprint density at radius 3 is 2.75 bits per heavy atom. The number of fused-ring (bicyclic) bond motifs is 1. The van der Waals surface area contributed by atoms with Crippen molar-refractivity contribution in [3.05, 3.63) is 30.0 Å². The van der Waals surface area contributed by atoms with Gasteiger partial charge in [0.2, 0.25) is 0 Å². The van der Waals surface area contributed by atoms with Crippen molar-refractivity contribution in [2.75, 3.05) is 0 Å². The lowest BCUT2D eigenvalue weighted by Gasteiger charge is -2.04. The summed E-state index contributed by atoms with van der Waals surface area (Å²) in [5.41, 5.74) is 0.0179. The molecular weight excluding hydrogens is 281 g/mol. The lowest BCUT2D eigenvalue weighted by Crippen LogP contribution is -2.26. The molecule has 2 aromatic heterocycles. The third kappa shape index (κ3) is 2.20. The van der Waals surface area contributed by atoms with E-state index in [1.54, 1.807) is 12.3 Å². The molecule has 0 amide bonds. The minimum absolute atomic E-state index is 0.00539. The second kappa shape index (κ2) is 4.53. The predicted molar refractivity (Wildman–Crippen MR) is 72.6 cm³/mol. The highest BCUT2D eigenvalue weighted by molar-refractivity contribution is 7.89. The number of aromatic nitrogens is 2. The Labute approximate surface area is 116 Å². The van der Waals surface area contributed by atoms with Gasteiger partial charge in [-0.15, -0.1) is 0 Å². The molecule has 3 rings (SSSR count). The highest BCUT2D eigenvalue weighted by Crippen LogP contribution is 2.27. The zero-order valence-electron chi connectivity index (χ0n) is 11.3. The second-order valence-electron chi connectivity index (χ2n) is 5.40. The van der Waals surface area contributed by atoms with Crippen LogP contribution in [0.4, 0.5) is 4.39 Å². The van der Waals surface area contributed by atoms with E-state index in [1.807, 2.05) is 13.8 Å². The standard InChI is InChI=1S/C13H16FN3O2S/c1-8(2)12-15-13(20(18,19)16-9-5-6-9)11-10(14)4-3-7-17(11)12/h3-4,7-9,16H,5-6H2,1-2H3. The van der Waals surface area contributed by atoms with E-state index in [4.69, 9.17) is 0 Å². The largest absolute Gasteiger partial charge is 0.300 e. The first kappa shape index (κ1) is 13.5. The van der Waals surface area contributed by atoms with Gasteiger partial charge in [0, 0.05) is 18.2 Å². The van der Waals surface area contributed by atoms with Crippen molar-refractivity contribution in [2.45, 2.75) is 43.7 Å². The number of rotatable bonds is 4. The van der Waals surface area contributed by atoms with E-state index >= 15 is 0 Å². The fraction of sp³-hybridized carbons (Fsp3) is 0.462. The number of imidazole rings is 1. The molecule has 0 atom stereocenters. The summed E-state index contributed by atoms with van der Waals surface area (Å²) in [5, 5.41) is -0.216. The van der Waals surface area contributed by atoms with Crippen LogP contribution in [0.5, 0.6) is 0 Å². The van der Waals surface area contributed by atoms with Crippen molar-refractivity contribution < 1.29 is 12.8 Å². The van der Waals surface area contributed by atoms with Gasteiger partial charge in [-0.2, -0.15) is 0 Å². The summed E-state index contributed by atoms with van der Waals surface area (Å²) in [6.07, 6.45) is 3.28. The summed E-state index contributed by atoms with van der Waals surface area (Å²) < 4.78 is 42.8. The molecule has 1 aliphatic rings. The molecule has 2 aromatic rings. The molecular formula is C13H16FN3O2S. The molecule has 5 nitrogen and oxygen atoms in total. The zero-order chi connectivity index (χ0) is 14.5. The average Bonchev–Trinajstić information content (AvgIpc) is 3.05. The highest BCUT2D eigenvalue weighted by atomic mass is 32.2. The van der Waals surface area contributed by atoms with Gasteiger partial charge in [-0.3, -0.25) is 4.40 Å². The molecule has 0 spiro atoms. The molecule has 0 aliphatic heterocycles. The van der Waals surface area contributed by atoms with E-state index in [1.165, 1.54) is 10.5 Å². The van der Waals surface area contributed by atoms with E-state index in [0.29, 0.717) is 5.82 Å². The van der Waals surface area contributed by atoms with Crippen LogP contribution in [0.1, 0.15) is 38.4 Å². The van der Waals surface area contributed by atoms with Gasteiger partial charge in [-0.25, -0.2) is 22.5 Å². The van der Waals surface area contributed by atoms with Crippen LogP contribution in [-0.2, 0) is 10.0 Å². The van der Waals surface area contributed by atoms with Crippen LogP contribution in [0.3, 0.4) is 0 Å². The monoisotopic (exact) mass is 297 g/mol. The van der Waals surface area contributed by atoms with Gasteiger partial charge >= 0.3 is 0 Å². The third-order valence-corrected chi connectivity index (χ3v) is 4.72. The number of nitrogens with one attached hydrogen (secondary N) is 1. The van der Waals surface area contributed by atoms with Crippen LogP contribution >= 0.6 is 0 Å². The Morgan fingerprint density at radius 2 is 2.15 bits per heavy atom. The first-order valence-corrected chi connectivity index (χ1v) is 8.07. The number of hydrogen-bond acceptors (Lipinski definition) is 3. The van der Waals surface area contributed by atoms with Crippen LogP contribution in [0.2, 0.25) is 0 Å². The SMILES string of the molecule is CC(C)c1nc(S(=O)(=O)NC2CC2)c2c(F)cccn12. The quantitative estimate of drug-likeness (QED) is 0.939. The summed E-state index contributed by atoms with van der Waals surface area (Å²) >= 11 is 0.